The molecule has 0 saturated carbocycles. The van der Waals surface area contributed by atoms with Crippen molar-refractivity contribution >= 4 is 5.95 Å². The van der Waals surface area contributed by atoms with Crippen LogP contribution in [0.2, 0.25) is 0 Å². The summed E-state index contributed by atoms with van der Waals surface area (Å²) >= 11 is 0. The van der Waals surface area contributed by atoms with E-state index in [0.29, 0.717) is 12.4 Å². The zero-order valence-corrected chi connectivity index (χ0v) is 11.0. The normalized spacial score (nSPS) is 10.2. The maximum Gasteiger partial charge on any atom is 0.330 e. The fourth-order valence-electron chi connectivity index (χ4n) is 1.59. The Bertz CT molecular complexity index is 560. The lowest BCUT2D eigenvalue weighted by Gasteiger charge is -2.09. The molecule has 6 heteroatoms. The fraction of sp³-hybridized carbons (Fsp3) is 0.308. The van der Waals surface area contributed by atoms with Crippen LogP contribution in [0.4, 0.5) is 5.95 Å². The molecule has 0 atom stereocenters. The minimum absolute atomic E-state index is 0.0717. The highest BCUT2D eigenvalue weighted by Gasteiger charge is 2.09. The molecular weight excluding hydrogens is 244 g/mol. The van der Waals surface area contributed by atoms with Crippen molar-refractivity contribution in [1.29, 1.82) is 0 Å². The average Bonchev–Trinajstić information content (AvgIpc) is 2.39. The van der Waals surface area contributed by atoms with Crippen molar-refractivity contribution in [3.8, 4) is 17.8 Å². The Morgan fingerprint density at radius 2 is 1.79 bits per heavy atom. The molecule has 0 aliphatic heterocycles. The van der Waals surface area contributed by atoms with Crippen molar-refractivity contribution in [1.82, 2.24) is 15.0 Å². The second kappa shape index (κ2) is 5.99. The van der Waals surface area contributed by atoms with E-state index >= 15 is 0 Å². The minimum Gasteiger partial charge on any atom is -0.464 e. The number of nitrogen functional groups attached to an aromatic ring is 1. The summed E-state index contributed by atoms with van der Waals surface area (Å²) in [6, 6.07) is 8.00. The highest BCUT2D eigenvalue weighted by molar-refractivity contribution is 5.35. The fourth-order valence-corrected chi connectivity index (χ4v) is 1.59. The first-order valence-electron chi connectivity index (χ1n) is 6.13. The second-order valence-electron chi connectivity index (χ2n) is 3.76. The molecule has 2 rings (SSSR count). The zero-order valence-electron chi connectivity index (χ0n) is 11.0. The van der Waals surface area contributed by atoms with Crippen LogP contribution in [0.25, 0.3) is 0 Å². The largest absolute Gasteiger partial charge is 0.464 e. The molecule has 0 bridgehead atoms. The highest BCUT2D eigenvalue weighted by Crippen LogP contribution is 2.24. The van der Waals surface area contributed by atoms with Crippen LogP contribution in [0.1, 0.15) is 19.4 Å². The molecule has 0 amide bonds. The van der Waals surface area contributed by atoms with Gasteiger partial charge in [-0.3, -0.25) is 0 Å². The number of rotatable bonds is 5. The lowest BCUT2D eigenvalue weighted by atomic mass is 10.1. The summed E-state index contributed by atoms with van der Waals surface area (Å²) < 4.78 is 10.8. The molecule has 0 spiro atoms. The summed E-state index contributed by atoms with van der Waals surface area (Å²) in [6.45, 7) is 4.34. The monoisotopic (exact) mass is 260 g/mol. The van der Waals surface area contributed by atoms with E-state index in [1.165, 1.54) is 0 Å². The molecule has 0 unspecified atom stereocenters. The molecule has 1 heterocycles. The number of benzene rings is 1. The number of nitrogens with two attached hydrogens (primary N) is 1. The van der Waals surface area contributed by atoms with Crippen LogP contribution in [0.5, 0.6) is 17.8 Å². The van der Waals surface area contributed by atoms with Gasteiger partial charge in [0, 0.05) is 0 Å². The first-order chi connectivity index (χ1) is 9.22. The summed E-state index contributed by atoms with van der Waals surface area (Å²) in [6.07, 6.45) is 0.856. The van der Waals surface area contributed by atoms with E-state index in [4.69, 9.17) is 15.2 Å². The van der Waals surface area contributed by atoms with Crippen LogP contribution in [0, 0.1) is 0 Å². The van der Waals surface area contributed by atoms with E-state index in [9.17, 15) is 0 Å². The first kappa shape index (κ1) is 13.1. The summed E-state index contributed by atoms with van der Waals surface area (Å²) in [7, 11) is 0. The third-order valence-electron chi connectivity index (χ3n) is 2.44. The van der Waals surface area contributed by atoms with E-state index in [0.717, 1.165) is 12.0 Å². The SMILES string of the molecule is CCOc1nc(N)nc(Oc2ccccc2CC)n1. The number of hydrogen-bond acceptors (Lipinski definition) is 6. The minimum atomic E-state index is 0.0717. The smallest absolute Gasteiger partial charge is 0.330 e. The predicted molar refractivity (Wildman–Crippen MR) is 71.3 cm³/mol. The van der Waals surface area contributed by atoms with Crippen molar-refractivity contribution in [3.05, 3.63) is 29.8 Å². The molecule has 2 aromatic rings. The van der Waals surface area contributed by atoms with Gasteiger partial charge in [-0.1, -0.05) is 25.1 Å². The van der Waals surface area contributed by atoms with Gasteiger partial charge in [-0.05, 0) is 25.0 Å². The van der Waals surface area contributed by atoms with Crippen molar-refractivity contribution in [2.75, 3.05) is 12.3 Å². The average molecular weight is 260 g/mol. The Morgan fingerprint density at radius 3 is 2.53 bits per heavy atom. The molecular formula is C13H16N4O2. The molecule has 2 N–H and O–H groups in total. The summed E-state index contributed by atoms with van der Waals surface area (Å²) in [5.74, 6) is 0.778. The zero-order chi connectivity index (χ0) is 13.7. The molecule has 1 aromatic carbocycles. The number of ether oxygens (including phenoxy) is 2. The van der Waals surface area contributed by atoms with Gasteiger partial charge in [0.1, 0.15) is 5.75 Å². The highest BCUT2D eigenvalue weighted by atomic mass is 16.5. The van der Waals surface area contributed by atoms with E-state index in [1.807, 2.05) is 31.2 Å². The summed E-state index contributed by atoms with van der Waals surface area (Å²) in [5.41, 5.74) is 6.66. The number of aryl methyl sites for hydroxylation is 1. The third-order valence-corrected chi connectivity index (χ3v) is 2.44. The van der Waals surface area contributed by atoms with Crippen LogP contribution < -0.4 is 15.2 Å². The predicted octanol–water partition coefficient (Wildman–Crippen LogP) is 2.21. The molecule has 0 aliphatic carbocycles. The van der Waals surface area contributed by atoms with Gasteiger partial charge in [-0.15, -0.1) is 4.98 Å². The van der Waals surface area contributed by atoms with Crippen molar-refractivity contribution in [3.63, 3.8) is 0 Å². The van der Waals surface area contributed by atoms with Crippen molar-refractivity contribution in [2.45, 2.75) is 20.3 Å². The van der Waals surface area contributed by atoms with E-state index in [1.54, 1.807) is 0 Å². The Balaban J connectivity index is 2.27. The quantitative estimate of drug-likeness (QED) is 0.887. The number of nitrogens with zero attached hydrogens (tertiary/aromatic N) is 3. The van der Waals surface area contributed by atoms with E-state index in [2.05, 4.69) is 21.9 Å². The topological polar surface area (TPSA) is 83.2 Å². The van der Waals surface area contributed by atoms with E-state index in [-0.39, 0.29) is 18.0 Å². The van der Waals surface area contributed by atoms with Crippen LogP contribution in [0.15, 0.2) is 24.3 Å². The molecule has 0 aliphatic rings. The van der Waals surface area contributed by atoms with Crippen molar-refractivity contribution < 1.29 is 9.47 Å². The van der Waals surface area contributed by atoms with Gasteiger partial charge in [0.05, 0.1) is 6.61 Å². The van der Waals surface area contributed by atoms with Crippen LogP contribution >= 0.6 is 0 Å². The molecule has 1 aromatic heterocycles. The van der Waals surface area contributed by atoms with E-state index < -0.39 is 0 Å². The second-order valence-corrected chi connectivity index (χ2v) is 3.76. The number of anilines is 1. The molecule has 6 nitrogen and oxygen atoms in total. The number of aromatic nitrogens is 3. The molecule has 100 valence electrons. The Morgan fingerprint density at radius 1 is 1.05 bits per heavy atom. The van der Waals surface area contributed by atoms with Gasteiger partial charge >= 0.3 is 12.0 Å². The maximum atomic E-state index is 5.65. The molecule has 0 radical (unpaired) electrons. The van der Waals surface area contributed by atoms with Crippen LogP contribution in [-0.4, -0.2) is 21.6 Å². The number of hydrogen-bond donors (Lipinski definition) is 1. The molecule has 19 heavy (non-hydrogen) atoms. The van der Waals surface area contributed by atoms with Gasteiger partial charge in [-0.2, -0.15) is 9.97 Å². The van der Waals surface area contributed by atoms with Gasteiger partial charge < -0.3 is 15.2 Å². The first-order valence-corrected chi connectivity index (χ1v) is 6.13. The van der Waals surface area contributed by atoms with Gasteiger partial charge in [-0.25, -0.2) is 0 Å². The maximum absolute atomic E-state index is 5.65. The summed E-state index contributed by atoms with van der Waals surface area (Å²) in [5, 5.41) is 0. The van der Waals surface area contributed by atoms with Crippen LogP contribution in [0.3, 0.4) is 0 Å². The van der Waals surface area contributed by atoms with Gasteiger partial charge in [0.25, 0.3) is 0 Å². The Hall–Kier alpha value is -2.37. The van der Waals surface area contributed by atoms with Gasteiger partial charge in [0.2, 0.25) is 5.95 Å². The Kier molecular flexibility index (Phi) is 4.12. The summed E-state index contributed by atoms with van der Waals surface area (Å²) in [4.78, 5) is 11.8. The van der Waals surface area contributed by atoms with Crippen molar-refractivity contribution in [2.24, 2.45) is 0 Å². The molecule has 0 fully saturated rings. The standard InChI is InChI=1S/C13H16N4O2/c1-3-9-7-5-6-8-10(9)19-13-16-11(14)15-12(17-13)18-4-2/h5-8H,3-4H2,1-2H3,(H2,14,15,16,17). The van der Waals surface area contributed by atoms with Gasteiger partial charge in [0.15, 0.2) is 0 Å². The molecule has 0 saturated heterocycles. The number of para-hydroxylation sites is 1. The lowest BCUT2D eigenvalue weighted by molar-refractivity contribution is 0.304. The lowest BCUT2D eigenvalue weighted by Crippen LogP contribution is -2.05. The third kappa shape index (κ3) is 3.31. The Labute approximate surface area is 111 Å². The van der Waals surface area contributed by atoms with Crippen LogP contribution in [-0.2, 0) is 6.42 Å².